The van der Waals surface area contributed by atoms with E-state index in [4.69, 9.17) is 0 Å². The van der Waals surface area contributed by atoms with Gasteiger partial charge >= 0.3 is 0 Å². The van der Waals surface area contributed by atoms with E-state index < -0.39 is 0 Å². The summed E-state index contributed by atoms with van der Waals surface area (Å²) >= 11 is 0. The first-order valence-electron chi connectivity index (χ1n) is 6.76. The van der Waals surface area contributed by atoms with Crippen LogP contribution in [-0.2, 0) is 0 Å². The van der Waals surface area contributed by atoms with Crippen molar-refractivity contribution < 1.29 is 0 Å². The van der Waals surface area contributed by atoms with Gasteiger partial charge in [-0.3, -0.25) is 0 Å². The van der Waals surface area contributed by atoms with Crippen LogP contribution in [0.5, 0.6) is 0 Å². The number of nitrogens with zero attached hydrogens (tertiary/aromatic N) is 3. The maximum Gasteiger partial charge on any atom is 0.0110 e. The van der Waals surface area contributed by atoms with Crippen LogP contribution in [0.1, 0.15) is 13.8 Å². The predicted octanol–water partition coefficient (Wildman–Crippen LogP) is 0.822. The molecule has 3 heteroatoms. The van der Waals surface area contributed by atoms with Crippen LogP contribution in [0.4, 0.5) is 0 Å². The third-order valence-electron chi connectivity index (χ3n) is 3.77. The van der Waals surface area contributed by atoms with E-state index in [2.05, 4.69) is 35.6 Å². The summed E-state index contributed by atoms with van der Waals surface area (Å²) < 4.78 is 0. The molecule has 0 spiro atoms. The first-order chi connectivity index (χ1) is 7.63. The molecule has 0 aliphatic carbocycles. The van der Waals surface area contributed by atoms with Gasteiger partial charge in [0, 0.05) is 52.4 Å². The quantitative estimate of drug-likeness (QED) is 0.701. The van der Waals surface area contributed by atoms with E-state index >= 15 is 0 Å². The topological polar surface area (TPSA) is 9.72 Å². The van der Waals surface area contributed by atoms with Gasteiger partial charge in [0.05, 0.1) is 0 Å². The molecule has 0 amide bonds. The molecule has 0 N–H and O–H groups in total. The molecular formula is C13H27N3. The van der Waals surface area contributed by atoms with Crippen LogP contribution in [0.3, 0.4) is 0 Å². The Kier molecular flexibility index (Phi) is 4.22. The fraction of sp³-hybridized carbons (Fsp3) is 1.00. The van der Waals surface area contributed by atoms with Crippen LogP contribution in [-0.4, -0.2) is 74.1 Å². The average Bonchev–Trinajstić information content (AvgIpc) is 2.17. The first-order valence-corrected chi connectivity index (χ1v) is 6.76. The summed E-state index contributed by atoms with van der Waals surface area (Å²) in [7, 11) is 2.23. The molecule has 2 aliphatic heterocycles. The van der Waals surface area contributed by atoms with Crippen LogP contribution >= 0.6 is 0 Å². The first kappa shape index (κ1) is 12.3. The van der Waals surface area contributed by atoms with Gasteiger partial charge < -0.3 is 14.7 Å². The largest absolute Gasteiger partial charge is 0.304 e. The molecule has 2 rings (SSSR count). The molecule has 0 bridgehead atoms. The molecule has 2 heterocycles. The van der Waals surface area contributed by atoms with Crippen molar-refractivity contribution in [3.05, 3.63) is 0 Å². The summed E-state index contributed by atoms with van der Waals surface area (Å²) in [4.78, 5) is 7.69. The molecule has 2 saturated heterocycles. The molecular weight excluding hydrogens is 198 g/mol. The number of rotatable bonds is 4. The molecule has 3 nitrogen and oxygen atoms in total. The van der Waals surface area contributed by atoms with E-state index in [0.717, 1.165) is 11.8 Å². The number of likely N-dealkylation sites (N-methyl/N-ethyl adjacent to an activating group) is 1. The minimum Gasteiger partial charge on any atom is -0.304 e. The molecule has 2 aliphatic rings. The summed E-state index contributed by atoms with van der Waals surface area (Å²) in [5.74, 6) is 1.77. The summed E-state index contributed by atoms with van der Waals surface area (Å²) in [5.41, 5.74) is 0. The molecule has 0 aromatic carbocycles. The molecule has 0 radical (unpaired) electrons. The van der Waals surface area contributed by atoms with Crippen molar-refractivity contribution in [3.8, 4) is 0 Å². The Morgan fingerprint density at radius 2 is 1.62 bits per heavy atom. The molecule has 0 aromatic heterocycles. The minimum absolute atomic E-state index is 0.824. The van der Waals surface area contributed by atoms with Crippen LogP contribution in [0, 0.1) is 11.8 Å². The molecule has 2 fully saturated rings. The highest BCUT2D eigenvalue weighted by Gasteiger charge is 2.29. The molecule has 16 heavy (non-hydrogen) atoms. The highest BCUT2D eigenvalue weighted by Crippen LogP contribution is 2.18. The van der Waals surface area contributed by atoms with Gasteiger partial charge in [0.2, 0.25) is 0 Å². The lowest BCUT2D eigenvalue weighted by Crippen LogP contribution is -2.54. The smallest absolute Gasteiger partial charge is 0.0110 e. The Morgan fingerprint density at radius 1 is 1.00 bits per heavy atom. The normalized spacial score (nSPS) is 26.2. The van der Waals surface area contributed by atoms with Gasteiger partial charge in [-0.1, -0.05) is 13.8 Å². The minimum atomic E-state index is 0.824. The van der Waals surface area contributed by atoms with Crippen LogP contribution in [0.15, 0.2) is 0 Å². The zero-order chi connectivity index (χ0) is 11.5. The van der Waals surface area contributed by atoms with Crippen LogP contribution in [0.25, 0.3) is 0 Å². The van der Waals surface area contributed by atoms with E-state index in [0.29, 0.717) is 0 Å². The Bertz CT molecular complexity index is 203. The third-order valence-corrected chi connectivity index (χ3v) is 3.77. The molecule has 0 atom stereocenters. The van der Waals surface area contributed by atoms with E-state index in [1.807, 2.05) is 0 Å². The van der Waals surface area contributed by atoms with Crippen molar-refractivity contribution in [1.29, 1.82) is 0 Å². The van der Waals surface area contributed by atoms with E-state index in [1.165, 1.54) is 52.4 Å². The summed E-state index contributed by atoms with van der Waals surface area (Å²) in [5, 5.41) is 0. The van der Waals surface area contributed by atoms with Crippen molar-refractivity contribution >= 4 is 0 Å². The summed E-state index contributed by atoms with van der Waals surface area (Å²) in [6.07, 6.45) is 0. The average molecular weight is 225 g/mol. The summed E-state index contributed by atoms with van der Waals surface area (Å²) in [6, 6.07) is 0. The lowest BCUT2D eigenvalue weighted by Gasteiger charge is -2.44. The number of hydrogen-bond acceptors (Lipinski definition) is 3. The van der Waals surface area contributed by atoms with Gasteiger partial charge in [0.25, 0.3) is 0 Å². The van der Waals surface area contributed by atoms with Gasteiger partial charge in [-0.2, -0.15) is 0 Å². The SMILES string of the molecule is CC(C)CN1CC(CN2CCN(C)CC2)C1. The number of piperazine rings is 1. The fourth-order valence-electron chi connectivity index (χ4n) is 2.85. The zero-order valence-corrected chi connectivity index (χ0v) is 11.2. The lowest BCUT2D eigenvalue weighted by molar-refractivity contribution is 0.0438. The second-order valence-electron chi connectivity index (χ2n) is 6.08. The maximum atomic E-state index is 2.65. The van der Waals surface area contributed by atoms with Crippen molar-refractivity contribution in [2.75, 3.05) is 59.4 Å². The van der Waals surface area contributed by atoms with Gasteiger partial charge in [-0.15, -0.1) is 0 Å². The standard InChI is InChI=1S/C13H27N3/c1-12(2)8-16-10-13(11-16)9-15-6-4-14(3)5-7-15/h12-13H,4-11H2,1-3H3. The predicted molar refractivity (Wildman–Crippen MR) is 68.7 cm³/mol. The van der Waals surface area contributed by atoms with Crippen molar-refractivity contribution in [2.45, 2.75) is 13.8 Å². The highest BCUT2D eigenvalue weighted by atomic mass is 15.3. The van der Waals surface area contributed by atoms with E-state index in [1.54, 1.807) is 0 Å². The second-order valence-corrected chi connectivity index (χ2v) is 6.08. The Morgan fingerprint density at radius 3 is 2.19 bits per heavy atom. The lowest BCUT2D eigenvalue weighted by atomic mass is 9.97. The van der Waals surface area contributed by atoms with Gasteiger partial charge in [0.15, 0.2) is 0 Å². The van der Waals surface area contributed by atoms with Crippen molar-refractivity contribution in [2.24, 2.45) is 11.8 Å². The molecule has 94 valence electrons. The molecule has 0 saturated carbocycles. The highest BCUT2D eigenvalue weighted by molar-refractivity contribution is 4.84. The zero-order valence-electron chi connectivity index (χ0n) is 11.2. The Labute approximate surface area is 100 Å². The maximum absolute atomic E-state index is 2.65. The van der Waals surface area contributed by atoms with Crippen molar-refractivity contribution in [3.63, 3.8) is 0 Å². The van der Waals surface area contributed by atoms with Crippen molar-refractivity contribution in [1.82, 2.24) is 14.7 Å². The second kappa shape index (κ2) is 5.48. The fourth-order valence-corrected chi connectivity index (χ4v) is 2.85. The monoisotopic (exact) mass is 225 g/mol. The van der Waals surface area contributed by atoms with Crippen LogP contribution in [0.2, 0.25) is 0 Å². The Hall–Kier alpha value is -0.120. The Balaban J connectivity index is 1.59. The van der Waals surface area contributed by atoms with Crippen LogP contribution < -0.4 is 0 Å². The van der Waals surface area contributed by atoms with Gasteiger partial charge in [-0.25, -0.2) is 0 Å². The number of hydrogen-bond donors (Lipinski definition) is 0. The number of likely N-dealkylation sites (tertiary alicyclic amines) is 1. The molecule has 0 aromatic rings. The van der Waals surface area contributed by atoms with E-state index in [-0.39, 0.29) is 0 Å². The summed E-state index contributed by atoms with van der Waals surface area (Å²) in [6.45, 7) is 15.0. The van der Waals surface area contributed by atoms with E-state index in [9.17, 15) is 0 Å². The van der Waals surface area contributed by atoms with Gasteiger partial charge in [0.1, 0.15) is 0 Å². The molecule has 0 unspecified atom stereocenters. The third kappa shape index (κ3) is 3.44. The van der Waals surface area contributed by atoms with Gasteiger partial charge in [-0.05, 0) is 18.9 Å².